The number of benzene rings is 1. The van der Waals surface area contributed by atoms with E-state index in [0.29, 0.717) is 12.2 Å². The fraction of sp³-hybridized carbons (Fsp3) is 0.600. The van der Waals surface area contributed by atoms with Crippen LogP contribution in [0.4, 0.5) is 0 Å². The highest BCUT2D eigenvalue weighted by molar-refractivity contribution is 9.09. The van der Waals surface area contributed by atoms with E-state index in [0.717, 1.165) is 36.9 Å². The lowest BCUT2D eigenvalue weighted by Crippen LogP contribution is -2.36. The molecule has 2 aliphatic rings. The number of para-hydroxylation sites is 1. The van der Waals surface area contributed by atoms with Gasteiger partial charge < -0.3 is 9.47 Å². The summed E-state index contributed by atoms with van der Waals surface area (Å²) in [4.78, 5) is 0. The highest BCUT2D eigenvalue weighted by Crippen LogP contribution is 2.43. The number of ether oxygens (including phenoxy) is 2. The fourth-order valence-electron chi connectivity index (χ4n) is 3.14. The third-order valence-corrected chi connectivity index (χ3v) is 5.56. The SMILES string of the molecule is CC1OCCC1(CBr)CC1Cc2ccccc2O1. The standard InChI is InChI=1S/C15H19BrO2/c1-11-15(10-16,6-7-17-11)9-13-8-12-4-2-3-5-14(12)18-13/h2-5,11,13H,6-10H2,1H3. The molecule has 0 aromatic heterocycles. The van der Waals surface area contributed by atoms with Gasteiger partial charge in [-0.25, -0.2) is 0 Å². The van der Waals surface area contributed by atoms with Crippen LogP contribution in [0.3, 0.4) is 0 Å². The maximum Gasteiger partial charge on any atom is 0.123 e. The molecule has 1 saturated heterocycles. The summed E-state index contributed by atoms with van der Waals surface area (Å²) in [5.74, 6) is 1.07. The summed E-state index contributed by atoms with van der Waals surface area (Å²) in [6.45, 7) is 3.07. The second-order valence-corrected chi connectivity index (χ2v) is 6.08. The van der Waals surface area contributed by atoms with E-state index in [9.17, 15) is 0 Å². The normalized spacial score (nSPS) is 34.3. The third kappa shape index (κ3) is 2.08. The Morgan fingerprint density at radius 2 is 2.22 bits per heavy atom. The molecule has 1 aromatic rings. The van der Waals surface area contributed by atoms with Gasteiger partial charge in [-0.15, -0.1) is 0 Å². The zero-order valence-electron chi connectivity index (χ0n) is 10.7. The third-order valence-electron chi connectivity index (χ3n) is 4.44. The number of hydrogen-bond acceptors (Lipinski definition) is 2. The van der Waals surface area contributed by atoms with Gasteiger partial charge in [0.05, 0.1) is 6.10 Å². The van der Waals surface area contributed by atoms with Crippen molar-refractivity contribution in [3.8, 4) is 5.75 Å². The molecule has 0 spiro atoms. The lowest BCUT2D eigenvalue weighted by Gasteiger charge is -2.32. The molecule has 0 radical (unpaired) electrons. The quantitative estimate of drug-likeness (QED) is 0.795. The van der Waals surface area contributed by atoms with Crippen LogP contribution in [0, 0.1) is 5.41 Å². The van der Waals surface area contributed by atoms with Gasteiger partial charge in [0.2, 0.25) is 0 Å². The number of halogens is 1. The molecule has 1 aromatic carbocycles. The minimum absolute atomic E-state index is 0.243. The number of rotatable bonds is 3. The molecule has 0 amide bonds. The van der Waals surface area contributed by atoms with Gasteiger partial charge in [-0.1, -0.05) is 34.1 Å². The molecule has 0 saturated carbocycles. The molecule has 3 atom stereocenters. The number of alkyl halides is 1. The van der Waals surface area contributed by atoms with E-state index in [1.165, 1.54) is 5.56 Å². The van der Waals surface area contributed by atoms with E-state index in [4.69, 9.17) is 9.47 Å². The van der Waals surface area contributed by atoms with E-state index in [-0.39, 0.29) is 5.41 Å². The van der Waals surface area contributed by atoms with Crippen molar-refractivity contribution >= 4 is 15.9 Å². The molecule has 2 aliphatic heterocycles. The Morgan fingerprint density at radius 1 is 1.39 bits per heavy atom. The average Bonchev–Trinajstić information content (AvgIpc) is 2.94. The molecule has 3 unspecified atom stereocenters. The van der Waals surface area contributed by atoms with E-state index < -0.39 is 0 Å². The van der Waals surface area contributed by atoms with Gasteiger partial charge >= 0.3 is 0 Å². The molecule has 0 bridgehead atoms. The zero-order valence-corrected chi connectivity index (χ0v) is 12.3. The molecule has 0 aliphatic carbocycles. The Hall–Kier alpha value is -0.540. The van der Waals surface area contributed by atoms with Crippen LogP contribution in [0.5, 0.6) is 5.75 Å². The van der Waals surface area contributed by atoms with Crippen molar-refractivity contribution in [1.29, 1.82) is 0 Å². The molecule has 2 heterocycles. The lowest BCUT2D eigenvalue weighted by atomic mass is 9.78. The molecule has 1 fully saturated rings. The van der Waals surface area contributed by atoms with Crippen molar-refractivity contribution in [2.45, 2.75) is 38.4 Å². The first-order valence-electron chi connectivity index (χ1n) is 6.66. The summed E-state index contributed by atoms with van der Waals surface area (Å²) in [6, 6.07) is 8.38. The second-order valence-electron chi connectivity index (χ2n) is 5.51. The molecular weight excluding hydrogens is 292 g/mol. The Bertz CT molecular complexity index is 409. The van der Waals surface area contributed by atoms with Crippen molar-refractivity contribution in [2.24, 2.45) is 5.41 Å². The summed E-state index contributed by atoms with van der Waals surface area (Å²) < 4.78 is 11.8. The zero-order chi connectivity index (χ0) is 12.6. The van der Waals surface area contributed by atoms with Gasteiger partial charge in [-0.05, 0) is 31.4 Å². The van der Waals surface area contributed by atoms with Crippen molar-refractivity contribution < 1.29 is 9.47 Å². The van der Waals surface area contributed by atoms with Crippen LogP contribution in [-0.2, 0) is 11.2 Å². The predicted molar refractivity (Wildman–Crippen MR) is 75.4 cm³/mol. The van der Waals surface area contributed by atoms with E-state index in [1.807, 2.05) is 6.07 Å². The van der Waals surface area contributed by atoms with Crippen LogP contribution < -0.4 is 4.74 Å². The summed E-state index contributed by atoms with van der Waals surface area (Å²) in [6.07, 6.45) is 3.88. The molecule has 0 N–H and O–H groups in total. The second kappa shape index (κ2) is 4.86. The molecule has 98 valence electrons. The van der Waals surface area contributed by atoms with Gasteiger partial charge in [0, 0.05) is 23.8 Å². The monoisotopic (exact) mass is 310 g/mol. The first-order valence-corrected chi connectivity index (χ1v) is 7.78. The van der Waals surface area contributed by atoms with Gasteiger partial charge in [-0.2, -0.15) is 0 Å². The van der Waals surface area contributed by atoms with Crippen molar-refractivity contribution in [3.63, 3.8) is 0 Å². The fourth-order valence-corrected chi connectivity index (χ4v) is 4.10. The Kier molecular flexibility index (Phi) is 3.37. The van der Waals surface area contributed by atoms with Gasteiger partial charge in [-0.3, -0.25) is 0 Å². The highest BCUT2D eigenvalue weighted by Gasteiger charge is 2.43. The maximum absolute atomic E-state index is 6.07. The lowest BCUT2D eigenvalue weighted by molar-refractivity contribution is 0.0502. The summed E-state index contributed by atoms with van der Waals surface area (Å²) >= 11 is 3.68. The van der Waals surface area contributed by atoms with Crippen LogP contribution in [0.2, 0.25) is 0 Å². The Morgan fingerprint density at radius 3 is 2.89 bits per heavy atom. The van der Waals surface area contributed by atoms with Crippen molar-refractivity contribution in [2.75, 3.05) is 11.9 Å². The smallest absolute Gasteiger partial charge is 0.123 e. The van der Waals surface area contributed by atoms with Crippen molar-refractivity contribution in [1.82, 2.24) is 0 Å². The maximum atomic E-state index is 6.07. The van der Waals surface area contributed by atoms with E-state index in [2.05, 4.69) is 41.1 Å². The summed E-state index contributed by atoms with van der Waals surface area (Å²) in [7, 11) is 0. The Labute approximate surface area is 117 Å². The summed E-state index contributed by atoms with van der Waals surface area (Å²) in [5.41, 5.74) is 1.59. The van der Waals surface area contributed by atoms with Crippen LogP contribution in [0.15, 0.2) is 24.3 Å². The predicted octanol–water partition coefficient (Wildman–Crippen LogP) is 3.57. The topological polar surface area (TPSA) is 18.5 Å². The van der Waals surface area contributed by atoms with Crippen LogP contribution in [0.1, 0.15) is 25.3 Å². The van der Waals surface area contributed by atoms with Gasteiger partial charge in [0.15, 0.2) is 0 Å². The molecule has 18 heavy (non-hydrogen) atoms. The highest BCUT2D eigenvalue weighted by atomic mass is 79.9. The average molecular weight is 311 g/mol. The molecule has 3 heteroatoms. The molecule has 2 nitrogen and oxygen atoms in total. The minimum atomic E-state index is 0.243. The largest absolute Gasteiger partial charge is 0.490 e. The van der Waals surface area contributed by atoms with Gasteiger partial charge in [0.25, 0.3) is 0 Å². The van der Waals surface area contributed by atoms with Crippen LogP contribution in [0.25, 0.3) is 0 Å². The first kappa shape index (κ1) is 12.5. The van der Waals surface area contributed by atoms with E-state index in [1.54, 1.807) is 0 Å². The van der Waals surface area contributed by atoms with Crippen LogP contribution in [-0.4, -0.2) is 24.1 Å². The first-order chi connectivity index (χ1) is 8.73. The van der Waals surface area contributed by atoms with Crippen molar-refractivity contribution in [3.05, 3.63) is 29.8 Å². The Balaban J connectivity index is 1.72. The molecular formula is C15H19BrO2. The number of hydrogen-bond donors (Lipinski definition) is 0. The van der Waals surface area contributed by atoms with Gasteiger partial charge in [0.1, 0.15) is 11.9 Å². The summed E-state index contributed by atoms with van der Waals surface area (Å²) in [5, 5.41) is 0.997. The minimum Gasteiger partial charge on any atom is -0.490 e. The number of fused-ring (bicyclic) bond motifs is 1. The van der Waals surface area contributed by atoms with E-state index >= 15 is 0 Å². The van der Waals surface area contributed by atoms with Crippen LogP contribution >= 0.6 is 15.9 Å². The molecule has 3 rings (SSSR count).